The van der Waals surface area contributed by atoms with Crippen molar-refractivity contribution >= 4 is 26.2 Å². The molecule has 0 atom stereocenters. The van der Waals surface area contributed by atoms with E-state index in [0.717, 1.165) is 30.7 Å². The minimum Gasteiger partial charge on any atom is -0.337 e. The lowest BCUT2D eigenvalue weighted by Crippen LogP contribution is -2.40. The minimum atomic E-state index is -5.03. The lowest BCUT2D eigenvalue weighted by molar-refractivity contribution is -0.152. The highest BCUT2D eigenvalue weighted by Crippen LogP contribution is 2.24. The maximum absolute atomic E-state index is 12.2. The molecule has 0 heterocycles. The zero-order valence-corrected chi connectivity index (χ0v) is 15.2. The molecule has 26 heavy (non-hydrogen) atoms. The van der Waals surface area contributed by atoms with Gasteiger partial charge in [-0.1, -0.05) is 25.5 Å². The van der Waals surface area contributed by atoms with Gasteiger partial charge in [-0.3, -0.25) is 4.18 Å². The molecule has 8 nitrogen and oxygen atoms in total. The molecule has 0 spiro atoms. The summed E-state index contributed by atoms with van der Waals surface area (Å²) in [7, 11) is -9.70. The van der Waals surface area contributed by atoms with Crippen LogP contribution in [0.15, 0.2) is 34.1 Å². The number of hydrogen-bond acceptors (Lipinski definition) is 6. The van der Waals surface area contributed by atoms with E-state index in [1.165, 1.54) is 0 Å². The molecule has 0 saturated carbocycles. The van der Waals surface area contributed by atoms with Gasteiger partial charge in [0.15, 0.2) is 6.61 Å². The standard InChI is InChI=1S/C13H17F3N2O6S2/c1-2-3-8-17-12(19)18-25(20,21)10-6-4-5-7-11(10)26(22,23)24-9-13(14,15)16/h4-7H,2-3,8-9H2,1H3,(H2,17,18,19). The van der Waals surface area contributed by atoms with Gasteiger partial charge in [-0.25, -0.2) is 17.9 Å². The number of unbranched alkanes of at least 4 members (excludes halogenated alkanes) is 1. The van der Waals surface area contributed by atoms with Crippen LogP contribution < -0.4 is 10.0 Å². The second-order valence-electron chi connectivity index (χ2n) is 4.99. The second kappa shape index (κ2) is 8.68. The fourth-order valence-corrected chi connectivity index (χ4v) is 4.31. The lowest BCUT2D eigenvalue weighted by atomic mass is 10.3. The van der Waals surface area contributed by atoms with Crippen LogP contribution in [-0.4, -0.2) is 42.2 Å². The average molecular weight is 418 g/mol. The third-order valence-electron chi connectivity index (χ3n) is 2.83. The molecule has 1 rings (SSSR count). The van der Waals surface area contributed by atoms with Crippen LogP contribution in [0.1, 0.15) is 19.8 Å². The highest BCUT2D eigenvalue weighted by molar-refractivity contribution is 7.92. The first-order chi connectivity index (χ1) is 11.9. The number of benzene rings is 1. The van der Waals surface area contributed by atoms with E-state index >= 15 is 0 Å². The molecule has 1 aromatic rings. The van der Waals surface area contributed by atoms with E-state index in [2.05, 4.69) is 9.50 Å². The Morgan fingerprint density at radius 1 is 1.12 bits per heavy atom. The zero-order chi connectivity index (χ0) is 20.0. The van der Waals surface area contributed by atoms with Crippen LogP contribution in [0.5, 0.6) is 0 Å². The Morgan fingerprint density at radius 3 is 2.23 bits per heavy atom. The van der Waals surface area contributed by atoms with Gasteiger partial charge in [0.25, 0.3) is 20.1 Å². The van der Waals surface area contributed by atoms with Crippen LogP contribution in [0.25, 0.3) is 0 Å². The molecule has 0 fully saturated rings. The summed E-state index contributed by atoms with van der Waals surface area (Å²) in [6.45, 7) is -0.0838. The summed E-state index contributed by atoms with van der Waals surface area (Å²) in [5.74, 6) is 0. The molecule has 148 valence electrons. The lowest BCUT2D eigenvalue weighted by Gasteiger charge is -2.13. The van der Waals surface area contributed by atoms with Crippen molar-refractivity contribution in [1.82, 2.24) is 10.0 Å². The largest absolute Gasteiger partial charge is 0.413 e. The Kier molecular flexibility index (Phi) is 7.41. The van der Waals surface area contributed by atoms with Crippen LogP contribution in [0, 0.1) is 0 Å². The molecule has 13 heteroatoms. The minimum absolute atomic E-state index is 0.187. The summed E-state index contributed by atoms with van der Waals surface area (Å²) in [4.78, 5) is 9.67. The monoisotopic (exact) mass is 418 g/mol. The molecule has 2 N–H and O–H groups in total. The summed E-state index contributed by atoms with van der Waals surface area (Å²) in [6.07, 6.45) is -3.60. The zero-order valence-electron chi connectivity index (χ0n) is 13.5. The van der Waals surface area contributed by atoms with Gasteiger partial charge in [0.2, 0.25) is 0 Å². The van der Waals surface area contributed by atoms with Crippen molar-refractivity contribution in [3.05, 3.63) is 24.3 Å². The molecule has 0 aliphatic rings. The third kappa shape index (κ3) is 6.80. The van der Waals surface area contributed by atoms with Gasteiger partial charge < -0.3 is 5.32 Å². The molecule has 0 aromatic heterocycles. The van der Waals surface area contributed by atoms with Gasteiger partial charge in [0, 0.05) is 6.54 Å². The summed E-state index contributed by atoms with van der Waals surface area (Å²) in [6, 6.07) is 2.74. The van der Waals surface area contributed by atoms with Crippen molar-refractivity contribution in [2.45, 2.75) is 35.7 Å². The number of nitrogens with one attached hydrogen (secondary N) is 2. The Hall–Kier alpha value is -1.86. The van der Waals surface area contributed by atoms with Crippen LogP contribution in [0.3, 0.4) is 0 Å². The molecule has 0 aliphatic carbocycles. The highest BCUT2D eigenvalue weighted by atomic mass is 32.2. The normalized spacial score (nSPS) is 12.6. The van der Waals surface area contributed by atoms with Crippen LogP contribution >= 0.6 is 0 Å². The smallest absolute Gasteiger partial charge is 0.337 e. The molecule has 0 unspecified atom stereocenters. The van der Waals surface area contributed by atoms with Gasteiger partial charge in [-0.2, -0.15) is 21.6 Å². The van der Waals surface area contributed by atoms with Crippen molar-refractivity contribution in [2.75, 3.05) is 13.2 Å². The summed E-state index contributed by atoms with van der Waals surface area (Å²) in [5, 5.41) is 2.25. The SMILES string of the molecule is CCCCNC(=O)NS(=O)(=O)c1ccccc1S(=O)(=O)OCC(F)(F)F. The molecule has 0 aliphatic heterocycles. The van der Waals surface area contributed by atoms with Crippen LogP contribution in [0.2, 0.25) is 0 Å². The quantitative estimate of drug-likeness (QED) is 0.490. The van der Waals surface area contributed by atoms with Gasteiger partial charge in [0.05, 0.1) is 0 Å². The van der Waals surface area contributed by atoms with E-state index in [4.69, 9.17) is 0 Å². The maximum atomic E-state index is 12.2. The van der Waals surface area contributed by atoms with E-state index in [-0.39, 0.29) is 6.54 Å². The van der Waals surface area contributed by atoms with E-state index in [9.17, 15) is 34.8 Å². The fourth-order valence-electron chi connectivity index (χ4n) is 1.68. The van der Waals surface area contributed by atoms with Crippen molar-refractivity contribution < 1.29 is 39.0 Å². The topological polar surface area (TPSA) is 119 Å². The first kappa shape index (κ1) is 22.2. The van der Waals surface area contributed by atoms with Crippen LogP contribution in [0.4, 0.5) is 18.0 Å². The predicted octanol–water partition coefficient (Wildman–Crippen LogP) is 1.74. The maximum Gasteiger partial charge on any atom is 0.413 e. The van der Waals surface area contributed by atoms with Crippen LogP contribution in [-0.2, 0) is 24.3 Å². The second-order valence-corrected chi connectivity index (χ2v) is 8.23. The first-order valence-electron chi connectivity index (χ1n) is 7.25. The fraction of sp³-hybridized carbons (Fsp3) is 0.462. The number of hydrogen-bond donors (Lipinski definition) is 2. The molecular formula is C13H17F3N2O6S2. The Labute approximate surface area is 148 Å². The predicted molar refractivity (Wildman–Crippen MR) is 84.3 cm³/mol. The van der Waals surface area contributed by atoms with E-state index < -0.39 is 48.7 Å². The molecular weight excluding hydrogens is 401 g/mol. The molecule has 0 saturated heterocycles. The van der Waals surface area contributed by atoms with Crippen molar-refractivity contribution in [3.63, 3.8) is 0 Å². The number of alkyl halides is 3. The Morgan fingerprint density at radius 2 is 1.69 bits per heavy atom. The van der Waals surface area contributed by atoms with E-state index in [1.54, 1.807) is 4.72 Å². The number of rotatable bonds is 8. The number of carbonyl (C=O) groups excluding carboxylic acids is 1. The summed E-state index contributed by atoms with van der Waals surface area (Å²) < 4.78 is 90.3. The number of amides is 2. The number of halogens is 3. The third-order valence-corrected chi connectivity index (χ3v) is 5.67. The van der Waals surface area contributed by atoms with E-state index in [1.807, 2.05) is 6.92 Å². The number of urea groups is 1. The van der Waals surface area contributed by atoms with Crippen molar-refractivity contribution in [1.29, 1.82) is 0 Å². The molecule has 0 radical (unpaired) electrons. The van der Waals surface area contributed by atoms with Crippen molar-refractivity contribution in [2.24, 2.45) is 0 Å². The van der Waals surface area contributed by atoms with Gasteiger partial charge >= 0.3 is 12.2 Å². The number of sulfonamides is 1. The van der Waals surface area contributed by atoms with Gasteiger partial charge in [-0.05, 0) is 18.6 Å². The number of carbonyl (C=O) groups is 1. The summed E-state index contributed by atoms with van der Waals surface area (Å²) in [5.41, 5.74) is 0. The Balaban J connectivity index is 3.09. The van der Waals surface area contributed by atoms with Gasteiger partial charge in [0.1, 0.15) is 9.79 Å². The molecule has 0 bridgehead atoms. The van der Waals surface area contributed by atoms with E-state index in [0.29, 0.717) is 6.42 Å². The van der Waals surface area contributed by atoms with Gasteiger partial charge in [-0.15, -0.1) is 0 Å². The Bertz CT molecular complexity index is 838. The highest BCUT2D eigenvalue weighted by Gasteiger charge is 2.34. The first-order valence-corrected chi connectivity index (χ1v) is 10.1. The average Bonchev–Trinajstić information content (AvgIpc) is 2.52. The summed E-state index contributed by atoms with van der Waals surface area (Å²) >= 11 is 0. The molecule has 1 aromatic carbocycles. The van der Waals surface area contributed by atoms with Crippen molar-refractivity contribution in [3.8, 4) is 0 Å². The molecule has 2 amide bonds.